The molecular weight excluding hydrogens is 328 g/mol. The number of phenols is 2. The zero-order chi connectivity index (χ0) is 15.1. The summed E-state index contributed by atoms with van der Waals surface area (Å²) in [4.78, 5) is 8.62. The van der Waals surface area contributed by atoms with Gasteiger partial charge in [-0.3, -0.25) is 9.98 Å². The van der Waals surface area contributed by atoms with Crippen LogP contribution in [-0.2, 0) is 17.1 Å². The fourth-order valence-corrected chi connectivity index (χ4v) is 1.75. The Bertz CT molecular complexity index is 657. The van der Waals surface area contributed by atoms with Gasteiger partial charge in [0, 0.05) is 23.6 Å². The third-order valence-corrected chi connectivity index (χ3v) is 2.94. The Hall–Kier alpha value is -2.10. The van der Waals surface area contributed by atoms with Crippen LogP contribution in [0.25, 0.3) is 0 Å². The molecule has 0 saturated heterocycles. The van der Waals surface area contributed by atoms with Crippen molar-refractivity contribution in [2.45, 2.75) is 13.0 Å². The van der Waals surface area contributed by atoms with Crippen LogP contribution in [0.3, 0.4) is 0 Å². The first-order chi connectivity index (χ1) is 10.2. The molecule has 2 N–H and O–H groups in total. The van der Waals surface area contributed by atoms with E-state index in [0.717, 1.165) is 0 Å². The Morgan fingerprint density at radius 3 is 1.95 bits per heavy atom. The maximum absolute atomic E-state index is 9.63. The molecule has 0 amide bonds. The van der Waals surface area contributed by atoms with Crippen LogP contribution in [-0.4, -0.2) is 35.2 Å². The Morgan fingerprint density at radius 2 is 1.41 bits per heavy atom. The van der Waals surface area contributed by atoms with E-state index >= 15 is 0 Å². The summed E-state index contributed by atoms with van der Waals surface area (Å²) in [5.74, 6) is 0.428. The molecule has 5 heteroatoms. The van der Waals surface area contributed by atoms with Crippen LogP contribution in [0.2, 0.25) is 0 Å². The van der Waals surface area contributed by atoms with E-state index in [1.807, 2.05) is 19.1 Å². The van der Waals surface area contributed by atoms with E-state index < -0.39 is 0 Å². The second kappa shape index (κ2) is 9.03. The summed E-state index contributed by atoms with van der Waals surface area (Å²) >= 11 is 0. The van der Waals surface area contributed by atoms with Crippen LogP contribution in [0.4, 0.5) is 0 Å². The van der Waals surface area contributed by atoms with E-state index in [4.69, 9.17) is 0 Å². The van der Waals surface area contributed by atoms with Crippen molar-refractivity contribution in [2.75, 3.05) is 6.54 Å². The molecule has 0 aliphatic carbocycles. The van der Waals surface area contributed by atoms with Crippen molar-refractivity contribution in [2.24, 2.45) is 9.98 Å². The molecule has 1 unspecified atom stereocenters. The van der Waals surface area contributed by atoms with Crippen LogP contribution < -0.4 is 0 Å². The molecule has 2 aromatic rings. The maximum atomic E-state index is 9.63. The molecule has 0 aliphatic rings. The third kappa shape index (κ3) is 5.35. The van der Waals surface area contributed by atoms with Crippen molar-refractivity contribution in [3.63, 3.8) is 0 Å². The molecule has 2 rings (SSSR count). The van der Waals surface area contributed by atoms with E-state index in [9.17, 15) is 10.2 Å². The number of hydrogen-bond acceptors (Lipinski definition) is 4. The largest absolute Gasteiger partial charge is 2.00 e. The zero-order valence-electron chi connectivity index (χ0n) is 12.1. The van der Waals surface area contributed by atoms with Gasteiger partial charge >= 0.3 is 17.1 Å². The first kappa shape index (κ1) is 17.9. The van der Waals surface area contributed by atoms with Crippen LogP contribution in [0, 0.1) is 0 Å². The maximum Gasteiger partial charge on any atom is 2.00 e. The van der Waals surface area contributed by atoms with Crippen molar-refractivity contribution in [3.8, 4) is 11.5 Å². The molecule has 4 nitrogen and oxygen atoms in total. The van der Waals surface area contributed by atoms with Gasteiger partial charge in [0.1, 0.15) is 11.5 Å². The van der Waals surface area contributed by atoms with E-state index in [1.165, 1.54) is 0 Å². The van der Waals surface area contributed by atoms with Crippen molar-refractivity contribution in [1.29, 1.82) is 0 Å². The van der Waals surface area contributed by atoms with Crippen LogP contribution >= 0.6 is 0 Å². The predicted molar refractivity (Wildman–Crippen MR) is 85.7 cm³/mol. The molecular formula is C17H18CuN2O2+2. The van der Waals surface area contributed by atoms with Crippen LogP contribution in [0.5, 0.6) is 11.5 Å². The van der Waals surface area contributed by atoms with E-state index in [0.29, 0.717) is 17.7 Å². The Balaban J connectivity index is 0.00000242. The van der Waals surface area contributed by atoms with Gasteiger partial charge in [-0.1, -0.05) is 24.3 Å². The quantitative estimate of drug-likeness (QED) is 0.646. The number of para-hydroxylation sites is 2. The van der Waals surface area contributed by atoms with Crippen molar-refractivity contribution < 1.29 is 27.3 Å². The van der Waals surface area contributed by atoms with Gasteiger partial charge in [0.15, 0.2) is 0 Å². The first-order valence-corrected chi connectivity index (χ1v) is 6.76. The van der Waals surface area contributed by atoms with Crippen LogP contribution in [0.1, 0.15) is 18.1 Å². The molecule has 0 spiro atoms. The van der Waals surface area contributed by atoms with E-state index in [-0.39, 0.29) is 34.6 Å². The van der Waals surface area contributed by atoms with Crippen LogP contribution in [0.15, 0.2) is 58.5 Å². The minimum atomic E-state index is -0.00767. The normalized spacial score (nSPS) is 12.4. The summed E-state index contributed by atoms with van der Waals surface area (Å²) in [5.41, 5.74) is 1.38. The fourth-order valence-electron chi connectivity index (χ4n) is 1.75. The molecule has 1 radical (unpaired) electrons. The molecule has 22 heavy (non-hydrogen) atoms. The number of benzene rings is 2. The standard InChI is InChI=1S/C17H18N2O2.Cu/c1-13(19-12-15-7-3-5-9-17(15)21)10-18-11-14-6-2-4-8-16(14)20;/h2-9,11-13,20-21H,10H2,1H3;/q;+2. The summed E-state index contributed by atoms with van der Waals surface area (Å²) < 4.78 is 0. The molecule has 0 fully saturated rings. The van der Waals surface area contributed by atoms with Crippen molar-refractivity contribution in [3.05, 3.63) is 59.7 Å². The molecule has 0 aliphatic heterocycles. The summed E-state index contributed by atoms with van der Waals surface area (Å²) in [7, 11) is 0. The number of phenolic OH excluding ortho intramolecular Hbond substituents is 2. The SMILES string of the molecule is CC(CN=Cc1ccccc1O)N=Cc1ccccc1O.[Cu+2]. The zero-order valence-corrected chi connectivity index (χ0v) is 13.1. The Morgan fingerprint density at radius 1 is 0.909 bits per heavy atom. The summed E-state index contributed by atoms with van der Waals surface area (Å²) in [5, 5.41) is 19.2. The predicted octanol–water partition coefficient (Wildman–Crippen LogP) is 3.02. The average molecular weight is 346 g/mol. The molecule has 0 bridgehead atoms. The Labute approximate surface area is 140 Å². The molecule has 2 aromatic carbocycles. The van der Waals surface area contributed by atoms with Gasteiger partial charge in [-0.05, 0) is 31.2 Å². The number of aromatic hydroxyl groups is 2. The summed E-state index contributed by atoms with van der Waals surface area (Å²) in [6, 6.07) is 14.1. The van der Waals surface area contributed by atoms with E-state index in [2.05, 4.69) is 9.98 Å². The Kier molecular flexibility index (Phi) is 7.37. The number of rotatable bonds is 5. The van der Waals surface area contributed by atoms with Gasteiger partial charge < -0.3 is 10.2 Å². The summed E-state index contributed by atoms with van der Waals surface area (Å²) in [6.07, 6.45) is 3.29. The van der Waals surface area contributed by atoms with Crippen molar-refractivity contribution in [1.82, 2.24) is 0 Å². The molecule has 0 saturated carbocycles. The second-order valence-electron chi connectivity index (χ2n) is 4.74. The third-order valence-electron chi connectivity index (χ3n) is 2.94. The summed E-state index contributed by atoms with van der Waals surface area (Å²) in [6.45, 7) is 2.46. The minimum Gasteiger partial charge on any atom is -0.507 e. The number of aliphatic imine (C=N–C) groups is 2. The molecule has 0 heterocycles. The smallest absolute Gasteiger partial charge is 0.507 e. The van der Waals surface area contributed by atoms with Gasteiger partial charge in [0.25, 0.3) is 0 Å². The topological polar surface area (TPSA) is 65.2 Å². The molecule has 1 atom stereocenters. The monoisotopic (exact) mass is 345 g/mol. The molecule has 117 valence electrons. The van der Waals surface area contributed by atoms with Gasteiger partial charge in [-0.25, -0.2) is 0 Å². The first-order valence-electron chi connectivity index (χ1n) is 6.76. The van der Waals surface area contributed by atoms with Crippen molar-refractivity contribution >= 4 is 12.4 Å². The number of nitrogens with zero attached hydrogens (tertiary/aromatic N) is 2. The molecule has 0 aromatic heterocycles. The second-order valence-corrected chi connectivity index (χ2v) is 4.74. The van der Waals surface area contributed by atoms with Gasteiger partial charge in [0.05, 0.1) is 12.6 Å². The van der Waals surface area contributed by atoms with Gasteiger partial charge in [-0.15, -0.1) is 0 Å². The average Bonchev–Trinajstić information content (AvgIpc) is 2.48. The number of hydrogen-bond donors (Lipinski definition) is 2. The minimum absolute atomic E-state index is 0. The fraction of sp³-hybridized carbons (Fsp3) is 0.176. The van der Waals surface area contributed by atoms with Gasteiger partial charge in [-0.2, -0.15) is 0 Å². The van der Waals surface area contributed by atoms with Gasteiger partial charge in [0.2, 0.25) is 0 Å². The van der Waals surface area contributed by atoms with E-state index in [1.54, 1.807) is 48.8 Å².